The van der Waals surface area contributed by atoms with Crippen LogP contribution in [0.5, 0.6) is 0 Å². The summed E-state index contributed by atoms with van der Waals surface area (Å²) in [4.78, 5) is 13.0. The molecule has 8 nitrogen and oxygen atoms in total. The first-order chi connectivity index (χ1) is 18.4. The van der Waals surface area contributed by atoms with Crippen LogP contribution in [0.25, 0.3) is 0 Å². The van der Waals surface area contributed by atoms with Crippen LogP contribution in [0.1, 0.15) is 11.1 Å². The zero-order chi connectivity index (χ0) is 28.2. The topological polar surface area (TPSA) is 113 Å². The van der Waals surface area contributed by atoms with Crippen LogP contribution in [0.15, 0.2) is 107 Å². The SMILES string of the molecule is Cc1ccc(S(=O)(=O)N(CC(=O)Nc2ccc(S(=O)(=O)Nc3cccc(C)c3)cc2)c2ccc(Cl)cc2)cc1. The summed E-state index contributed by atoms with van der Waals surface area (Å²) >= 11 is 5.98. The van der Waals surface area contributed by atoms with Gasteiger partial charge < -0.3 is 5.32 Å². The van der Waals surface area contributed by atoms with Crippen molar-refractivity contribution in [3.63, 3.8) is 0 Å². The van der Waals surface area contributed by atoms with Gasteiger partial charge in [-0.25, -0.2) is 16.8 Å². The number of benzene rings is 4. The molecule has 0 aromatic heterocycles. The van der Waals surface area contributed by atoms with Gasteiger partial charge in [-0.2, -0.15) is 0 Å². The Morgan fingerprint density at radius 3 is 1.97 bits per heavy atom. The standard InChI is InChI=1S/C28H26ClN3O5S2/c1-20-6-14-27(15-7-20)39(36,37)32(25-12-8-22(29)9-13-25)19-28(33)30-23-10-16-26(17-11-23)38(34,35)31-24-5-3-4-21(2)18-24/h3-18,31H,19H2,1-2H3,(H,30,33). The molecule has 4 aromatic carbocycles. The van der Waals surface area contributed by atoms with Gasteiger partial charge in [0.2, 0.25) is 5.91 Å². The van der Waals surface area contributed by atoms with E-state index in [1.165, 1.54) is 60.7 Å². The molecular formula is C28H26ClN3O5S2. The van der Waals surface area contributed by atoms with Crippen LogP contribution in [-0.4, -0.2) is 29.3 Å². The van der Waals surface area contributed by atoms with E-state index in [0.29, 0.717) is 16.4 Å². The Labute approximate surface area is 233 Å². The Bertz CT molecular complexity index is 1690. The monoisotopic (exact) mass is 583 g/mol. The summed E-state index contributed by atoms with van der Waals surface area (Å²) in [6.07, 6.45) is 0. The van der Waals surface area contributed by atoms with E-state index in [2.05, 4.69) is 10.0 Å². The van der Waals surface area contributed by atoms with Gasteiger partial charge in [-0.05, 0) is 92.2 Å². The predicted molar refractivity (Wildman–Crippen MR) is 154 cm³/mol. The number of carbonyl (C=O) groups is 1. The first-order valence-electron chi connectivity index (χ1n) is 11.8. The molecule has 0 aliphatic heterocycles. The number of aryl methyl sites for hydroxylation is 2. The van der Waals surface area contributed by atoms with Crippen molar-refractivity contribution < 1.29 is 21.6 Å². The summed E-state index contributed by atoms with van der Waals surface area (Å²) in [7, 11) is -7.94. The van der Waals surface area contributed by atoms with Crippen LogP contribution in [0.4, 0.5) is 17.1 Å². The Hall–Kier alpha value is -3.86. The fourth-order valence-corrected chi connectivity index (χ4v) is 6.33. The van der Waals surface area contributed by atoms with E-state index in [1.54, 1.807) is 30.3 Å². The third-order valence-electron chi connectivity index (χ3n) is 5.73. The van der Waals surface area contributed by atoms with E-state index in [1.807, 2.05) is 19.9 Å². The first kappa shape index (κ1) is 28.2. The second-order valence-electron chi connectivity index (χ2n) is 8.85. The second kappa shape index (κ2) is 11.5. The third-order valence-corrected chi connectivity index (χ3v) is 9.17. The van der Waals surface area contributed by atoms with Crippen molar-refractivity contribution in [2.24, 2.45) is 0 Å². The fraction of sp³-hybridized carbons (Fsp3) is 0.107. The Balaban J connectivity index is 1.52. The molecule has 11 heteroatoms. The number of sulfonamides is 2. The molecule has 0 saturated heterocycles. The average Bonchev–Trinajstić information content (AvgIpc) is 2.88. The highest BCUT2D eigenvalue weighted by Crippen LogP contribution is 2.26. The molecule has 1 amide bonds. The minimum absolute atomic E-state index is 0.00625. The van der Waals surface area contributed by atoms with E-state index >= 15 is 0 Å². The van der Waals surface area contributed by atoms with Crippen molar-refractivity contribution in [1.82, 2.24) is 0 Å². The molecular weight excluding hydrogens is 558 g/mol. The van der Waals surface area contributed by atoms with Gasteiger partial charge >= 0.3 is 0 Å². The Morgan fingerprint density at radius 1 is 0.744 bits per heavy atom. The van der Waals surface area contributed by atoms with Crippen LogP contribution in [0.2, 0.25) is 5.02 Å². The number of carbonyl (C=O) groups excluding carboxylic acids is 1. The van der Waals surface area contributed by atoms with Crippen LogP contribution in [0.3, 0.4) is 0 Å². The van der Waals surface area contributed by atoms with Crippen LogP contribution < -0.4 is 14.3 Å². The van der Waals surface area contributed by atoms with E-state index in [-0.39, 0.29) is 15.5 Å². The van der Waals surface area contributed by atoms with Crippen molar-refractivity contribution in [3.8, 4) is 0 Å². The summed E-state index contributed by atoms with van der Waals surface area (Å²) < 4.78 is 56.0. The maximum Gasteiger partial charge on any atom is 0.264 e. The number of nitrogens with one attached hydrogen (secondary N) is 2. The van der Waals surface area contributed by atoms with Gasteiger partial charge in [0.25, 0.3) is 20.0 Å². The minimum atomic E-state index is -4.09. The largest absolute Gasteiger partial charge is 0.325 e. The minimum Gasteiger partial charge on any atom is -0.325 e. The Morgan fingerprint density at radius 2 is 1.36 bits per heavy atom. The van der Waals surface area contributed by atoms with Gasteiger partial charge in [0, 0.05) is 16.4 Å². The van der Waals surface area contributed by atoms with Crippen molar-refractivity contribution in [1.29, 1.82) is 0 Å². The summed E-state index contributed by atoms with van der Waals surface area (Å²) in [6.45, 7) is 3.18. The van der Waals surface area contributed by atoms with Gasteiger partial charge in [-0.3, -0.25) is 13.8 Å². The number of halogens is 1. The normalized spacial score (nSPS) is 11.6. The molecule has 0 radical (unpaired) electrons. The van der Waals surface area contributed by atoms with Gasteiger partial charge in [-0.15, -0.1) is 0 Å². The molecule has 0 heterocycles. The van der Waals surface area contributed by atoms with Gasteiger partial charge in [0.05, 0.1) is 15.5 Å². The number of hydrogen-bond acceptors (Lipinski definition) is 5. The smallest absolute Gasteiger partial charge is 0.264 e. The molecule has 2 N–H and O–H groups in total. The lowest BCUT2D eigenvalue weighted by molar-refractivity contribution is -0.114. The molecule has 0 bridgehead atoms. The lowest BCUT2D eigenvalue weighted by Gasteiger charge is -2.24. The summed E-state index contributed by atoms with van der Waals surface area (Å²) in [6, 6.07) is 25.0. The molecule has 0 aliphatic carbocycles. The van der Waals surface area contributed by atoms with Crippen molar-refractivity contribution >= 4 is 54.6 Å². The summed E-state index contributed by atoms with van der Waals surface area (Å²) in [5, 5.41) is 3.05. The number of anilines is 3. The van der Waals surface area contributed by atoms with E-state index in [9.17, 15) is 21.6 Å². The molecule has 202 valence electrons. The summed E-state index contributed by atoms with van der Waals surface area (Å²) in [5.41, 5.74) is 2.80. The lowest BCUT2D eigenvalue weighted by Crippen LogP contribution is -2.38. The highest BCUT2D eigenvalue weighted by molar-refractivity contribution is 7.93. The Kier molecular flexibility index (Phi) is 8.29. The molecule has 0 atom stereocenters. The van der Waals surface area contributed by atoms with E-state index < -0.39 is 32.5 Å². The zero-order valence-corrected chi connectivity index (χ0v) is 23.5. The second-order valence-corrected chi connectivity index (χ2v) is 12.8. The van der Waals surface area contributed by atoms with Crippen molar-refractivity contribution in [3.05, 3.63) is 113 Å². The fourth-order valence-electron chi connectivity index (χ4n) is 3.73. The maximum atomic E-state index is 13.5. The van der Waals surface area contributed by atoms with Crippen LogP contribution in [-0.2, 0) is 24.8 Å². The third kappa shape index (κ3) is 6.97. The highest BCUT2D eigenvalue weighted by atomic mass is 35.5. The van der Waals surface area contributed by atoms with Crippen LogP contribution in [0, 0.1) is 13.8 Å². The first-order valence-corrected chi connectivity index (χ1v) is 15.1. The molecule has 0 fully saturated rings. The highest BCUT2D eigenvalue weighted by Gasteiger charge is 2.27. The predicted octanol–water partition coefficient (Wildman–Crippen LogP) is 5.59. The molecule has 4 aromatic rings. The number of rotatable bonds is 9. The van der Waals surface area contributed by atoms with Gasteiger partial charge in [-0.1, -0.05) is 41.4 Å². The van der Waals surface area contributed by atoms with Gasteiger partial charge in [0.15, 0.2) is 0 Å². The summed E-state index contributed by atoms with van der Waals surface area (Å²) in [5.74, 6) is -0.617. The van der Waals surface area contributed by atoms with Crippen molar-refractivity contribution in [2.75, 3.05) is 20.9 Å². The molecule has 0 unspecified atom stereocenters. The zero-order valence-electron chi connectivity index (χ0n) is 21.1. The molecule has 0 spiro atoms. The maximum absolute atomic E-state index is 13.5. The number of nitrogens with zero attached hydrogens (tertiary/aromatic N) is 1. The number of amides is 1. The van der Waals surface area contributed by atoms with Crippen molar-refractivity contribution in [2.45, 2.75) is 23.6 Å². The van der Waals surface area contributed by atoms with Crippen LogP contribution >= 0.6 is 11.6 Å². The molecule has 0 saturated carbocycles. The van der Waals surface area contributed by atoms with Gasteiger partial charge in [0.1, 0.15) is 6.54 Å². The molecule has 39 heavy (non-hydrogen) atoms. The molecule has 0 aliphatic rings. The molecule has 4 rings (SSSR count). The number of hydrogen-bond donors (Lipinski definition) is 2. The average molecular weight is 584 g/mol. The van der Waals surface area contributed by atoms with E-state index in [0.717, 1.165) is 15.4 Å². The quantitative estimate of drug-likeness (QED) is 0.267. The van der Waals surface area contributed by atoms with E-state index in [4.69, 9.17) is 11.6 Å². The lowest BCUT2D eigenvalue weighted by atomic mass is 10.2.